The Hall–Kier alpha value is -2.04. The molecule has 2 aromatic rings. The highest BCUT2D eigenvalue weighted by atomic mass is 35.5. The lowest BCUT2D eigenvalue weighted by Crippen LogP contribution is -2.41. The molecule has 2 N–H and O–H groups in total. The Morgan fingerprint density at radius 1 is 1.08 bits per heavy atom. The fourth-order valence-electron chi connectivity index (χ4n) is 2.95. The van der Waals surface area contributed by atoms with Crippen molar-refractivity contribution >= 4 is 18.3 Å². The lowest BCUT2D eigenvalue weighted by atomic mass is 10.1. The van der Waals surface area contributed by atoms with Gasteiger partial charge in [0.1, 0.15) is 11.9 Å². The number of likely N-dealkylation sites (tertiary alicyclic amines) is 1. The van der Waals surface area contributed by atoms with Crippen molar-refractivity contribution in [2.24, 2.45) is 5.73 Å². The largest absolute Gasteiger partial charge is 0.490 e. The van der Waals surface area contributed by atoms with Crippen LogP contribution in [-0.2, 0) is 6.54 Å². The van der Waals surface area contributed by atoms with Crippen LogP contribution >= 0.6 is 12.4 Å². The number of nitrogens with two attached hydrogens (primary N) is 1. The van der Waals surface area contributed by atoms with Gasteiger partial charge in [0, 0.05) is 38.0 Å². The Labute approximate surface area is 155 Å². The van der Waals surface area contributed by atoms with Gasteiger partial charge in [-0.1, -0.05) is 29.8 Å². The van der Waals surface area contributed by atoms with Crippen LogP contribution in [0.5, 0.6) is 5.75 Å². The zero-order valence-electron chi connectivity index (χ0n) is 14.5. The van der Waals surface area contributed by atoms with Crippen LogP contribution in [0.4, 0.5) is 0 Å². The molecule has 0 unspecified atom stereocenters. The average Bonchev–Trinajstić information content (AvgIpc) is 2.64. The monoisotopic (exact) mass is 360 g/mol. The highest BCUT2D eigenvalue weighted by Gasteiger charge is 2.24. The van der Waals surface area contributed by atoms with E-state index in [1.54, 1.807) is 0 Å². The highest BCUT2D eigenvalue weighted by molar-refractivity contribution is 5.94. The number of hydrogen-bond acceptors (Lipinski definition) is 3. The van der Waals surface area contributed by atoms with Crippen LogP contribution in [0.1, 0.15) is 34.3 Å². The molecule has 2 aromatic carbocycles. The molecule has 0 aliphatic carbocycles. The summed E-state index contributed by atoms with van der Waals surface area (Å²) in [6.07, 6.45) is 1.90. The molecule has 0 saturated carbocycles. The van der Waals surface area contributed by atoms with Crippen molar-refractivity contribution in [3.05, 3.63) is 65.2 Å². The quantitative estimate of drug-likeness (QED) is 0.907. The summed E-state index contributed by atoms with van der Waals surface area (Å²) in [7, 11) is 0. The van der Waals surface area contributed by atoms with Crippen LogP contribution in [0, 0.1) is 6.92 Å². The fourth-order valence-corrected chi connectivity index (χ4v) is 2.95. The van der Waals surface area contributed by atoms with E-state index in [2.05, 4.69) is 19.1 Å². The highest BCUT2D eigenvalue weighted by Crippen LogP contribution is 2.20. The van der Waals surface area contributed by atoms with Crippen LogP contribution in [-0.4, -0.2) is 30.0 Å². The van der Waals surface area contributed by atoms with Crippen molar-refractivity contribution in [1.29, 1.82) is 0 Å². The molecule has 1 aliphatic rings. The Kier molecular flexibility index (Phi) is 6.85. The number of aryl methyl sites for hydroxylation is 1. The van der Waals surface area contributed by atoms with Gasteiger partial charge >= 0.3 is 0 Å². The van der Waals surface area contributed by atoms with Gasteiger partial charge in [-0.15, -0.1) is 12.4 Å². The molecule has 25 heavy (non-hydrogen) atoms. The number of carbonyl (C=O) groups excluding carboxylic acids is 1. The Balaban J connectivity index is 0.00000225. The van der Waals surface area contributed by atoms with E-state index in [0.29, 0.717) is 6.54 Å². The summed E-state index contributed by atoms with van der Waals surface area (Å²) >= 11 is 0. The van der Waals surface area contributed by atoms with Gasteiger partial charge in [0.05, 0.1) is 0 Å². The molecule has 1 amide bonds. The molecule has 0 bridgehead atoms. The van der Waals surface area contributed by atoms with Crippen molar-refractivity contribution in [3.8, 4) is 5.75 Å². The second-order valence-corrected chi connectivity index (χ2v) is 6.32. The van der Waals surface area contributed by atoms with E-state index in [9.17, 15) is 4.79 Å². The molecule has 0 spiro atoms. The second-order valence-electron chi connectivity index (χ2n) is 6.32. The topological polar surface area (TPSA) is 55.6 Å². The molecule has 5 heteroatoms. The molecule has 134 valence electrons. The van der Waals surface area contributed by atoms with Crippen molar-refractivity contribution in [3.63, 3.8) is 0 Å². The van der Waals surface area contributed by atoms with E-state index in [1.165, 1.54) is 5.56 Å². The molecule has 1 saturated heterocycles. The number of carbonyl (C=O) groups is 1. The summed E-state index contributed by atoms with van der Waals surface area (Å²) in [5.74, 6) is 0.995. The van der Waals surface area contributed by atoms with Gasteiger partial charge in [-0.2, -0.15) is 0 Å². The molecular weight excluding hydrogens is 336 g/mol. The van der Waals surface area contributed by atoms with Gasteiger partial charge < -0.3 is 15.4 Å². The van der Waals surface area contributed by atoms with Gasteiger partial charge in [-0.25, -0.2) is 0 Å². The van der Waals surface area contributed by atoms with E-state index < -0.39 is 0 Å². The minimum atomic E-state index is 0. The first-order chi connectivity index (χ1) is 11.7. The first-order valence-corrected chi connectivity index (χ1v) is 8.47. The van der Waals surface area contributed by atoms with Gasteiger partial charge in [0.15, 0.2) is 0 Å². The average molecular weight is 361 g/mol. The Bertz CT molecular complexity index is 678. The number of halogens is 1. The van der Waals surface area contributed by atoms with Crippen LogP contribution in [0.2, 0.25) is 0 Å². The number of hydrogen-bond donors (Lipinski definition) is 1. The normalized spacial score (nSPS) is 14.7. The Morgan fingerprint density at radius 3 is 2.24 bits per heavy atom. The number of piperidine rings is 1. The standard InChI is InChI=1S/C20H24N2O2.ClH/c1-15-2-8-18(9-3-15)24-19-10-12-22(13-11-19)20(23)17-6-4-16(14-21)5-7-17;/h2-9,19H,10-14,21H2,1H3;1H. The number of nitrogens with zero attached hydrogens (tertiary/aromatic N) is 1. The SMILES string of the molecule is Cc1ccc(OC2CCN(C(=O)c3ccc(CN)cc3)CC2)cc1.Cl. The molecule has 0 radical (unpaired) electrons. The lowest BCUT2D eigenvalue weighted by Gasteiger charge is -2.32. The maximum atomic E-state index is 12.6. The molecule has 0 aromatic heterocycles. The van der Waals surface area contributed by atoms with Crippen LogP contribution in [0.3, 0.4) is 0 Å². The summed E-state index contributed by atoms with van der Waals surface area (Å²) in [6, 6.07) is 15.7. The molecule has 3 rings (SSSR count). The van der Waals surface area contributed by atoms with E-state index in [4.69, 9.17) is 10.5 Å². The zero-order chi connectivity index (χ0) is 16.9. The fraction of sp³-hybridized carbons (Fsp3) is 0.350. The van der Waals surface area contributed by atoms with Crippen molar-refractivity contribution in [2.75, 3.05) is 13.1 Å². The summed E-state index contributed by atoms with van der Waals surface area (Å²) in [5, 5.41) is 0. The number of ether oxygens (including phenoxy) is 1. The van der Waals surface area contributed by atoms with Crippen LogP contribution < -0.4 is 10.5 Å². The van der Waals surface area contributed by atoms with Gasteiger partial charge in [-0.3, -0.25) is 4.79 Å². The van der Waals surface area contributed by atoms with E-state index in [-0.39, 0.29) is 24.4 Å². The maximum absolute atomic E-state index is 12.6. The molecule has 1 aliphatic heterocycles. The number of amides is 1. The van der Waals surface area contributed by atoms with Crippen molar-refractivity contribution < 1.29 is 9.53 Å². The van der Waals surface area contributed by atoms with Crippen LogP contribution in [0.25, 0.3) is 0 Å². The first kappa shape index (κ1) is 19.3. The summed E-state index contributed by atoms with van der Waals surface area (Å²) in [6.45, 7) is 4.02. The lowest BCUT2D eigenvalue weighted by molar-refractivity contribution is 0.0595. The van der Waals surface area contributed by atoms with Crippen molar-refractivity contribution in [2.45, 2.75) is 32.4 Å². The van der Waals surface area contributed by atoms with Gasteiger partial charge in [-0.05, 0) is 36.8 Å². The summed E-state index contributed by atoms with van der Waals surface area (Å²) in [5.41, 5.74) is 8.59. The first-order valence-electron chi connectivity index (χ1n) is 8.47. The predicted molar refractivity (Wildman–Crippen MR) is 102 cm³/mol. The summed E-state index contributed by atoms with van der Waals surface area (Å²) in [4.78, 5) is 14.5. The zero-order valence-corrected chi connectivity index (χ0v) is 15.3. The molecule has 1 fully saturated rings. The second kappa shape index (κ2) is 8.88. The predicted octanol–water partition coefficient (Wildman–Crippen LogP) is 3.56. The minimum Gasteiger partial charge on any atom is -0.490 e. The third-order valence-corrected chi connectivity index (χ3v) is 4.49. The third kappa shape index (κ3) is 4.97. The third-order valence-electron chi connectivity index (χ3n) is 4.49. The number of rotatable bonds is 4. The van der Waals surface area contributed by atoms with E-state index in [0.717, 1.165) is 42.8 Å². The molecule has 1 heterocycles. The smallest absolute Gasteiger partial charge is 0.253 e. The summed E-state index contributed by atoms with van der Waals surface area (Å²) < 4.78 is 6.02. The molecule has 0 atom stereocenters. The van der Waals surface area contributed by atoms with Crippen molar-refractivity contribution in [1.82, 2.24) is 4.90 Å². The number of benzene rings is 2. The van der Waals surface area contributed by atoms with Gasteiger partial charge in [0.25, 0.3) is 5.91 Å². The van der Waals surface area contributed by atoms with Gasteiger partial charge in [0.2, 0.25) is 0 Å². The van der Waals surface area contributed by atoms with E-state index >= 15 is 0 Å². The Morgan fingerprint density at radius 2 is 1.68 bits per heavy atom. The minimum absolute atomic E-state index is 0. The van der Waals surface area contributed by atoms with E-state index in [1.807, 2.05) is 41.3 Å². The molecule has 4 nitrogen and oxygen atoms in total. The van der Waals surface area contributed by atoms with Crippen LogP contribution in [0.15, 0.2) is 48.5 Å². The molecular formula is C20H25ClN2O2. The maximum Gasteiger partial charge on any atom is 0.253 e.